The molecule has 0 aliphatic heterocycles. The largest absolute Gasteiger partial charge is 0.370 e. The molecule has 0 unspecified atom stereocenters. The number of nitrogens with zero attached hydrogens (tertiary/aromatic N) is 1. The van der Waals surface area contributed by atoms with E-state index in [1.54, 1.807) is 0 Å². The van der Waals surface area contributed by atoms with Crippen molar-refractivity contribution in [2.45, 2.75) is 19.9 Å². The lowest BCUT2D eigenvalue weighted by Crippen LogP contribution is -2.40. The van der Waals surface area contributed by atoms with Gasteiger partial charge in [0.1, 0.15) is 0 Å². The summed E-state index contributed by atoms with van der Waals surface area (Å²) < 4.78 is 0. The van der Waals surface area contributed by atoms with Crippen LogP contribution in [0, 0.1) is 6.92 Å². The van der Waals surface area contributed by atoms with E-state index in [-0.39, 0.29) is 11.9 Å². The first kappa shape index (κ1) is 14.6. The monoisotopic (exact) mass is 288 g/mol. The molecule has 0 aliphatic carbocycles. The Labute approximate surface area is 124 Å². The van der Waals surface area contributed by atoms with Crippen molar-refractivity contribution in [3.05, 3.63) is 52.2 Å². The number of hydrogen-bond donors (Lipinski definition) is 1. The van der Waals surface area contributed by atoms with E-state index >= 15 is 0 Å². The molecule has 0 bridgehead atoms. The highest BCUT2D eigenvalue weighted by atomic mass is 32.1. The van der Waals surface area contributed by atoms with E-state index in [0.717, 1.165) is 15.4 Å². The van der Waals surface area contributed by atoms with Crippen molar-refractivity contribution in [3.8, 4) is 0 Å². The zero-order chi connectivity index (χ0) is 14.5. The number of rotatable bonds is 5. The molecule has 20 heavy (non-hydrogen) atoms. The van der Waals surface area contributed by atoms with Crippen molar-refractivity contribution in [1.29, 1.82) is 0 Å². The second kappa shape index (κ2) is 6.57. The first-order chi connectivity index (χ1) is 9.58. The molecule has 1 aromatic carbocycles. The molecule has 4 heteroatoms. The van der Waals surface area contributed by atoms with Crippen LogP contribution in [0.5, 0.6) is 0 Å². The number of hydrogen-bond acceptors (Lipinski definition) is 3. The molecule has 0 saturated carbocycles. The van der Waals surface area contributed by atoms with Crippen molar-refractivity contribution in [2.75, 3.05) is 18.5 Å². The van der Waals surface area contributed by atoms with E-state index in [2.05, 4.69) is 29.3 Å². The summed E-state index contributed by atoms with van der Waals surface area (Å²) in [5.41, 5.74) is 1.15. The number of nitrogens with one attached hydrogen (secondary N) is 1. The topological polar surface area (TPSA) is 32.3 Å². The third kappa shape index (κ3) is 3.61. The Bertz CT molecular complexity index is 565. The first-order valence-electron chi connectivity index (χ1n) is 6.70. The number of likely N-dealkylation sites (N-methyl/N-ethyl adjacent to an activating group) is 1. The number of benzene rings is 1. The fraction of sp³-hybridized carbons (Fsp3) is 0.312. The molecule has 0 radical (unpaired) electrons. The summed E-state index contributed by atoms with van der Waals surface area (Å²) in [7, 11) is 2.04. The van der Waals surface area contributed by atoms with Crippen LogP contribution in [0.1, 0.15) is 21.5 Å². The van der Waals surface area contributed by atoms with Gasteiger partial charge >= 0.3 is 0 Å². The summed E-state index contributed by atoms with van der Waals surface area (Å²) in [4.78, 5) is 16.1. The summed E-state index contributed by atoms with van der Waals surface area (Å²) in [5.74, 6) is 0.0106. The first-order valence-corrected chi connectivity index (χ1v) is 7.52. The number of anilines is 1. The quantitative estimate of drug-likeness (QED) is 0.915. The number of para-hydroxylation sites is 1. The molecule has 3 nitrogen and oxygen atoms in total. The minimum absolute atomic E-state index is 0.0106. The van der Waals surface area contributed by atoms with Crippen LogP contribution in [0.15, 0.2) is 42.5 Å². The minimum atomic E-state index is 0.0106. The SMILES string of the molecule is Cc1ccc(C(=O)NC[C@H](C)N(C)c2ccccc2)s1. The highest BCUT2D eigenvalue weighted by molar-refractivity contribution is 7.13. The number of amides is 1. The summed E-state index contributed by atoms with van der Waals surface area (Å²) in [6, 6.07) is 14.3. The van der Waals surface area contributed by atoms with E-state index in [9.17, 15) is 4.79 Å². The summed E-state index contributed by atoms with van der Waals surface area (Å²) >= 11 is 1.53. The van der Waals surface area contributed by atoms with Gasteiger partial charge in [-0.05, 0) is 38.1 Å². The molecule has 1 atom stereocenters. The average Bonchev–Trinajstić information content (AvgIpc) is 2.91. The summed E-state index contributed by atoms with van der Waals surface area (Å²) in [5, 5.41) is 2.99. The van der Waals surface area contributed by atoms with Gasteiger partial charge in [0.25, 0.3) is 5.91 Å². The maximum absolute atomic E-state index is 12.0. The van der Waals surface area contributed by atoms with Crippen LogP contribution in [-0.2, 0) is 0 Å². The second-order valence-corrected chi connectivity index (χ2v) is 6.20. The fourth-order valence-electron chi connectivity index (χ4n) is 1.94. The maximum Gasteiger partial charge on any atom is 0.261 e. The van der Waals surface area contributed by atoms with Crippen molar-refractivity contribution < 1.29 is 4.79 Å². The minimum Gasteiger partial charge on any atom is -0.370 e. The molecule has 1 aromatic heterocycles. The Hall–Kier alpha value is -1.81. The van der Waals surface area contributed by atoms with Gasteiger partial charge in [0, 0.05) is 30.2 Å². The van der Waals surface area contributed by atoms with Gasteiger partial charge in [-0.1, -0.05) is 18.2 Å². The Morgan fingerprint density at radius 3 is 2.55 bits per heavy atom. The van der Waals surface area contributed by atoms with Crippen LogP contribution >= 0.6 is 11.3 Å². The smallest absolute Gasteiger partial charge is 0.261 e. The molecule has 106 valence electrons. The molecule has 0 aliphatic rings. The molecule has 1 N–H and O–H groups in total. The van der Waals surface area contributed by atoms with E-state index in [0.29, 0.717) is 6.54 Å². The molecule has 1 amide bonds. The fourth-order valence-corrected chi connectivity index (χ4v) is 2.72. The van der Waals surface area contributed by atoms with E-state index in [4.69, 9.17) is 0 Å². The van der Waals surface area contributed by atoms with E-state index in [1.165, 1.54) is 11.3 Å². The van der Waals surface area contributed by atoms with Crippen LogP contribution in [-0.4, -0.2) is 25.5 Å². The Balaban J connectivity index is 1.89. The zero-order valence-electron chi connectivity index (χ0n) is 12.1. The Kier molecular flexibility index (Phi) is 4.79. The third-order valence-corrected chi connectivity index (χ3v) is 4.35. The van der Waals surface area contributed by atoms with Crippen molar-refractivity contribution >= 4 is 22.9 Å². The number of carbonyl (C=O) groups excluding carboxylic acids is 1. The molecule has 1 heterocycles. The molecule has 0 fully saturated rings. The summed E-state index contributed by atoms with van der Waals surface area (Å²) in [6.07, 6.45) is 0. The van der Waals surface area contributed by atoms with Crippen molar-refractivity contribution in [2.24, 2.45) is 0 Å². The van der Waals surface area contributed by atoms with Gasteiger partial charge < -0.3 is 10.2 Å². The van der Waals surface area contributed by atoms with Crippen LogP contribution in [0.2, 0.25) is 0 Å². The number of aryl methyl sites for hydroxylation is 1. The third-order valence-electron chi connectivity index (χ3n) is 3.35. The van der Waals surface area contributed by atoms with Gasteiger partial charge in [0.2, 0.25) is 0 Å². The highest BCUT2D eigenvalue weighted by Gasteiger charge is 2.13. The van der Waals surface area contributed by atoms with Crippen LogP contribution in [0.25, 0.3) is 0 Å². The molecule has 0 spiro atoms. The predicted octanol–water partition coefficient (Wildman–Crippen LogP) is 3.31. The maximum atomic E-state index is 12.0. The van der Waals surface area contributed by atoms with Gasteiger partial charge in [-0.25, -0.2) is 0 Å². The Morgan fingerprint density at radius 1 is 1.25 bits per heavy atom. The second-order valence-electron chi connectivity index (χ2n) is 4.92. The highest BCUT2D eigenvalue weighted by Crippen LogP contribution is 2.16. The van der Waals surface area contributed by atoms with Gasteiger partial charge in [-0.15, -0.1) is 11.3 Å². The lowest BCUT2D eigenvalue weighted by Gasteiger charge is -2.27. The van der Waals surface area contributed by atoms with E-state index < -0.39 is 0 Å². The number of thiophene rings is 1. The number of carbonyl (C=O) groups is 1. The molecule has 2 rings (SSSR count). The van der Waals surface area contributed by atoms with Gasteiger partial charge in [0.05, 0.1) is 4.88 Å². The lowest BCUT2D eigenvalue weighted by molar-refractivity contribution is 0.0955. The van der Waals surface area contributed by atoms with Crippen LogP contribution < -0.4 is 10.2 Å². The van der Waals surface area contributed by atoms with Crippen LogP contribution in [0.3, 0.4) is 0 Å². The molecule has 2 aromatic rings. The van der Waals surface area contributed by atoms with Gasteiger partial charge in [-0.3, -0.25) is 4.79 Å². The standard InChI is InChI=1S/C16H20N2OS/c1-12(18(3)14-7-5-4-6-8-14)11-17-16(19)15-10-9-13(2)20-15/h4-10,12H,11H2,1-3H3,(H,17,19)/t12-/m0/s1. The summed E-state index contributed by atoms with van der Waals surface area (Å²) in [6.45, 7) is 4.74. The Morgan fingerprint density at radius 2 is 1.95 bits per heavy atom. The van der Waals surface area contributed by atoms with Crippen LogP contribution in [0.4, 0.5) is 5.69 Å². The van der Waals surface area contributed by atoms with Crippen molar-refractivity contribution in [1.82, 2.24) is 5.32 Å². The van der Waals surface area contributed by atoms with Gasteiger partial charge in [-0.2, -0.15) is 0 Å². The van der Waals surface area contributed by atoms with E-state index in [1.807, 2.05) is 44.3 Å². The molecular weight excluding hydrogens is 268 g/mol. The zero-order valence-corrected chi connectivity index (χ0v) is 12.9. The molecule has 0 saturated heterocycles. The molecular formula is C16H20N2OS. The van der Waals surface area contributed by atoms with Gasteiger partial charge in [0.15, 0.2) is 0 Å². The predicted molar refractivity (Wildman–Crippen MR) is 85.7 cm³/mol. The average molecular weight is 288 g/mol. The van der Waals surface area contributed by atoms with Crippen molar-refractivity contribution in [3.63, 3.8) is 0 Å². The normalized spacial score (nSPS) is 11.9. The lowest BCUT2D eigenvalue weighted by atomic mass is 10.2.